The molecule has 1 heterocycles. The number of benzene rings is 1. The summed E-state index contributed by atoms with van der Waals surface area (Å²) in [5.74, 6) is -1.07. The molecule has 0 aliphatic carbocycles. The average molecular weight is 315 g/mol. The molecule has 7 nitrogen and oxygen atoms in total. The number of amides is 1. The van der Waals surface area contributed by atoms with E-state index in [4.69, 9.17) is 9.84 Å². The van der Waals surface area contributed by atoms with Crippen LogP contribution in [0, 0.1) is 0 Å². The van der Waals surface area contributed by atoms with E-state index in [2.05, 4.69) is 15.3 Å². The van der Waals surface area contributed by atoms with Crippen LogP contribution in [0.3, 0.4) is 0 Å². The number of carbonyl (C=O) groups excluding carboxylic acids is 1. The van der Waals surface area contributed by atoms with Crippen LogP contribution in [0.5, 0.6) is 0 Å². The Balaban J connectivity index is 2.05. The molecule has 0 saturated carbocycles. The predicted octanol–water partition coefficient (Wildman–Crippen LogP) is 2.09. The van der Waals surface area contributed by atoms with Crippen molar-refractivity contribution in [2.75, 3.05) is 0 Å². The van der Waals surface area contributed by atoms with Gasteiger partial charge in [-0.1, -0.05) is 30.3 Å². The zero-order chi connectivity index (χ0) is 16.7. The number of nitrogens with one attached hydrogen (secondary N) is 1. The summed E-state index contributed by atoms with van der Waals surface area (Å²) in [4.78, 5) is 31.1. The molecule has 120 valence electrons. The number of rotatable bonds is 6. The van der Waals surface area contributed by atoms with E-state index in [1.54, 1.807) is 6.92 Å². The van der Waals surface area contributed by atoms with Crippen molar-refractivity contribution in [2.45, 2.75) is 25.5 Å². The molecule has 0 spiro atoms. The minimum atomic E-state index is -1.21. The largest absolute Gasteiger partial charge is 0.481 e. The minimum absolute atomic E-state index is 0.0935. The molecule has 2 aromatic rings. The summed E-state index contributed by atoms with van der Waals surface area (Å²) in [6.07, 6.45) is 3.26. The van der Waals surface area contributed by atoms with E-state index in [-0.39, 0.29) is 13.0 Å². The van der Waals surface area contributed by atoms with Crippen LogP contribution >= 0.6 is 0 Å². The van der Waals surface area contributed by atoms with Crippen LogP contribution in [0.25, 0.3) is 0 Å². The van der Waals surface area contributed by atoms with E-state index in [1.165, 1.54) is 18.6 Å². The van der Waals surface area contributed by atoms with Gasteiger partial charge < -0.3 is 15.2 Å². The maximum absolute atomic E-state index is 12.0. The highest BCUT2D eigenvalue weighted by atomic mass is 16.5. The highest BCUT2D eigenvalue weighted by molar-refractivity contribution is 5.73. The van der Waals surface area contributed by atoms with Crippen LogP contribution in [-0.2, 0) is 21.7 Å². The van der Waals surface area contributed by atoms with Crippen molar-refractivity contribution in [1.29, 1.82) is 0 Å². The molecule has 2 N–H and O–H groups in total. The first-order chi connectivity index (χ1) is 11.0. The van der Waals surface area contributed by atoms with Gasteiger partial charge in [-0.3, -0.25) is 14.8 Å². The van der Waals surface area contributed by atoms with Gasteiger partial charge in [-0.05, 0) is 12.5 Å². The van der Waals surface area contributed by atoms with Gasteiger partial charge >= 0.3 is 12.1 Å². The fraction of sp³-hybridized carbons (Fsp3) is 0.250. The van der Waals surface area contributed by atoms with Gasteiger partial charge in [0.15, 0.2) is 0 Å². The third-order valence-electron chi connectivity index (χ3n) is 3.22. The number of nitrogens with zero attached hydrogens (tertiary/aromatic N) is 2. The summed E-state index contributed by atoms with van der Waals surface area (Å²) in [5.41, 5.74) is -0.0328. The van der Waals surface area contributed by atoms with Crippen LogP contribution in [0.4, 0.5) is 4.79 Å². The maximum Gasteiger partial charge on any atom is 0.408 e. The Bertz CT molecular complexity index is 664. The molecule has 2 rings (SSSR count). The molecule has 0 bridgehead atoms. The number of hydrogen-bond acceptors (Lipinski definition) is 5. The van der Waals surface area contributed by atoms with Crippen molar-refractivity contribution in [3.05, 3.63) is 60.2 Å². The third kappa shape index (κ3) is 4.77. The molecule has 7 heteroatoms. The normalized spacial score (nSPS) is 12.9. The Morgan fingerprint density at radius 2 is 2.00 bits per heavy atom. The number of alkyl carbamates (subject to hydrolysis) is 1. The highest BCUT2D eigenvalue weighted by Gasteiger charge is 2.33. The lowest BCUT2D eigenvalue weighted by Crippen LogP contribution is -2.45. The number of aliphatic carboxylic acids is 1. The first kappa shape index (κ1) is 16.4. The molecule has 1 atom stereocenters. The van der Waals surface area contributed by atoms with Crippen LogP contribution in [0.1, 0.15) is 24.6 Å². The fourth-order valence-electron chi connectivity index (χ4n) is 2.07. The topological polar surface area (TPSA) is 101 Å². The summed E-state index contributed by atoms with van der Waals surface area (Å²) in [7, 11) is 0. The van der Waals surface area contributed by atoms with Gasteiger partial charge in [0.1, 0.15) is 6.61 Å². The number of ether oxygens (including phenoxy) is 1. The number of carbonyl (C=O) groups is 2. The standard InChI is InChI=1S/C16H17N3O4/c1-16(9-14(20)21,13-10-17-7-8-18-13)19-15(22)23-11-12-5-3-2-4-6-12/h2-8,10H,9,11H2,1H3,(H,19,22)(H,20,21). The van der Waals surface area contributed by atoms with Gasteiger partial charge in [-0.25, -0.2) is 4.79 Å². The van der Waals surface area contributed by atoms with E-state index in [9.17, 15) is 9.59 Å². The van der Waals surface area contributed by atoms with Gasteiger partial charge in [0.25, 0.3) is 0 Å². The van der Waals surface area contributed by atoms with E-state index < -0.39 is 17.6 Å². The zero-order valence-electron chi connectivity index (χ0n) is 12.6. The van der Waals surface area contributed by atoms with Crippen LogP contribution in [0.2, 0.25) is 0 Å². The average Bonchev–Trinajstić information content (AvgIpc) is 2.54. The van der Waals surface area contributed by atoms with Crippen molar-refractivity contribution in [3.8, 4) is 0 Å². The van der Waals surface area contributed by atoms with Crippen molar-refractivity contribution in [2.24, 2.45) is 0 Å². The lowest BCUT2D eigenvalue weighted by Gasteiger charge is -2.27. The second-order valence-electron chi connectivity index (χ2n) is 5.18. The van der Waals surface area contributed by atoms with Crippen LogP contribution in [-0.4, -0.2) is 27.1 Å². The van der Waals surface area contributed by atoms with E-state index in [0.717, 1.165) is 5.56 Å². The van der Waals surface area contributed by atoms with E-state index >= 15 is 0 Å². The lowest BCUT2D eigenvalue weighted by atomic mass is 9.94. The Kier molecular flexibility index (Phi) is 5.24. The Morgan fingerprint density at radius 1 is 1.26 bits per heavy atom. The first-order valence-corrected chi connectivity index (χ1v) is 6.97. The summed E-state index contributed by atoms with van der Waals surface area (Å²) in [5, 5.41) is 11.7. The Hall–Kier alpha value is -2.96. The third-order valence-corrected chi connectivity index (χ3v) is 3.22. The smallest absolute Gasteiger partial charge is 0.408 e. The molecule has 0 saturated heterocycles. The summed E-state index contributed by atoms with van der Waals surface area (Å²) >= 11 is 0. The Labute approximate surface area is 133 Å². The predicted molar refractivity (Wildman–Crippen MR) is 81.4 cm³/mol. The zero-order valence-corrected chi connectivity index (χ0v) is 12.6. The molecular weight excluding hydrogens is 298 g/mol. The minimum Gasteiger partial charge on any atom is -0.481 e. The van der Waals surface area contributed by atoms with Crippen molar-refractivity contribution < 1.29 is 19.4 Å². The quantitative estimate of drug-likeness (QED) is 0.846. The van der Waals surface area contributed by atoms with Gasteiger partial charge in [-0.15, -0.1) is 0 Å². The van der Waals surface area contributed by atoms with Gasteiger partial charge in [0, 0.05) is 12.4 Å². The number of carboxylic acids is 1. The second kappa shape index (κ2) is 7.35. The van der Waals surface area contributed by atoms with Crippen molar-refractivity contribution in [3.63, 3.8) is 0 Å². The van der Waals surface area contributed by atoms with Crippen molar-refractivity contribution >= 4 is 12.1 Å². The summed E-state index contributed by atoms with van der Waals surface area (Å²) in [6.45, 7) is 1.66. The van der Waals surface area contributed by atoms with Crippen molar-refractivity contribution in [1.82, 2.24) is 15.3 Å². The monoisotopic (exact) mass is 315 g/mol. The highest BCUT2D eigenvalue weighted by Crippen LogP contribution is 2.22. The SMILES string of the molecule is CC(CC(=O)O)(NC(=O)OCc1ccccc1)c1cnccn1. The molecule has 1 amide bonds. The van der Waals surface area contributed by atoms with E-state index in [0.29, 0.717) is 5.69 Å². The first-order valence-electron chi connectivity index (χ1n) is 6.97. The Morgan fingerprint density at radius 3 is 2.61 bits per heavy atom. The van der Waals surface area contributed by atoms with Gasteiger partial charge in [0.2, 0.25) is 0 Å². The molecule has 1 aromatic heterocycles. The molecule has 23 heavy (non-hydrogen) atoms. The van der Waals surface area contributed by atoms with Crippen LogP contribution < -0.4 is 5.32 Å². The van der Waals surface area contributed by atoms with Crippen LogP contribution in [0.15, 0.2) is 48.9 Å². The van der Waals surface area contributed by atoms with E-state index in [1.807, 2.05) is 30.3 Å². The molecular formula is C16H17N3O4. The lowest BCUT2D eigenvalue weighted by molar-refractivity contribution is -0.138. The number of carboxylic acid groups (broad SMARTS) is 1. The molecule has 0 radical (unpaired) electrons. The second-order valence-corrected chi connectivity index (χ2v) is 5.18. The summed E-state index contributed by atoms with van der Waals surface area (Å²) in [6, 6.07) is 9.19. The molecule has 0 aliphatic rings. The molecule has 1 aromatic carbocycles. The molecule has 0 aliphatic heterocycles. The van der Waals surface area contributed by atoms with Gasteiger partial charge in [-0.2, -0.15) is 0 Å². The summed E-state index contributed by atoms with van der Waals surface area (Å²) < 4.78 is 5.14. The molecule has 0 fully saturated rings. The maximum atomic E-state index is 12.0. The number of aromatic nitrogens is 2. The number of hydrogen-bond donors (Lipinski definition) is 2. The fourth-order valence-corrected chi connectivity index (χ4v) is 2.07. The molecule has 1 unspecified atom stereocenters. The van der Waals surface area contributed by atoms with Gasteiger partial charge in [0.05, 0.1) is 23.9 Å².